The molecule has 6 unspecified atom stereocenters. The third kappa shape index (κ3) is 3.43. The van der Waals surface area contributed by atoms with Gasteiger partial charge in [-0.1, -0.05) is 20.8 Å². The first-order valence-electron chi connectivity index (χ1n) is 11.6. The summed E-state index contributed by atoms with van der Waals surface area (Å²) in [6.45, 7) is 7.38. The summed E-state index contributed by atoms with van der Waals surface area (Å²) in [4.78, 5) is 10.9. The first-order chi connectivity index (χ1) is 12.8. The number of carboxylic acid groups (broad SMARTS) is 1. The highest BCUT2D eigenvalue weighted by molar-refractivity contribution is 5.64. The topological polar surface area (TPSA) is 96.9 Å². The molecule has 0 radical (unpaired) electrons. The minimum atomic E-state index is -0.893. The first-order valence-corrected chi connectivity index (χ1v) is 11.6. The van der Waals surface area contributed by atoms with Crippen LogP contribution in [0.4, 0.5) is 0 Å². The molecule has 0 aromatic heterocycles. The van der Waals surface area contributed by atoms with Gasteiger partial charge in [-0.2, -0.15) is 0 Å². The van der Waals surface area contributed by atoms with Crippen molar-refractivity contribution in [2.45, 2.75) is 97.5 Å². The van der Waals surface area contributed by atoms with Crippen LogP contribution in [0.2, 0.25) is 0 Å². The van der Waals surface area contributed by atoms with Gasteiger partial charge in [0.1, 0.15) is 0 Å². The molecule has 4 rings (SSSR count). The van der Waals surface area contributed by atoms with Crippen LogP contribution in [0.5, 0.6) is 0 Å². The van der Waals surface area contributed by atoms with E-state index in [9.17, 15) is 15.0 Å². The third-order valence-electron chi connectivity index (χ3n) is 10.2. The fraction of sp³-hybridized carbons (Fsp3) is 0.958. The third-order valence-corrected chi connectivity index (χ3v) is 10.2. The van der Waals surface area contributed by atoms with Crippen LogP contribution >= 0.6 is 0 Å². The fourth-order valence-corrected chi connectivity index (χ4v) is 8.76. The van der Waals surface area contributed by atoms with E-state index in [1.54, 1.807) is 0 Å². The van der Waals surface area contributed by atoms with Gasteiger partial charge in [-0.05, 0) is 117 Å². The number of aliphatic carboxylic acids is 1. The second kappa shape index (κ2) is 7.91. The van der Waals surface area contributed by atoms with Crippen LogP contribution in [-0.2, 0) is 4.79 Å². The zero-order valence-electron chi connectivity index (χ0n) is 18.6. The number of rotatable bonds is 4. The highest BCUT2D eigenvalue weighted by Crippen LogP contribution is 2.68. The number of carbonyl (C=O) groups excluding carboxylic acids is 1. The summed E-state index contributed by atoms with van der Waals surface area (Å²) in [6.07, 6.45) is 12.2. The Kier molecular flexibility index (Phi) is 6.23. The maximum atomic E-state index is 10.9. The SMILES string of the molecule is CC(CCC(=O)[O-])C1CCC2C3CC[C@@H]4C[C@H](O)CCC4(C)C3CC[C@]12C.[NH4+]. The van der Waals surface area contributed by atoms with Crippen LogP contribution in [0, 0.1) is 46.3 Å². The number of carboxylic acids is 1. The van der Waals surface area contributed by atoms with Gasteiger partial charge >= 0.3 is 0 Å². The van der Waals surface area contributed by atoms with Gasteiger partial charge in [-0.25, -0.2) is 0 Å². The van der Waals surface area contributed by atoms with E-state index in [2.05, 4.69) is 20.8 Å². The van der Waals surface area contributed by atoms with Crippen molar-refractivity contribution in [1.29, 1.82) is 0 Å². The number of aliphatic hydroxyl groups is 1. The summed E-state index contributed by atoms with van der Waals surface area (Å²) >= 11 is 0. The molecule has 0 heterocycles. The van der Waals surface area contributed by atoms with Crippen molar-refractivity contribution in [1.82, 2.24) is 6.15 Å². The Bertz CT molecular complexity index is 580. The van der Waals surface area contributed by atoms with Crippen LogP contribution in [-0.4, -0.2) is 17.2 Å². The largest absolute Gasteiger partial charge is 0.550 e. The van der Waals surface area contributed by atoms with Crippen molar-refractivity contribution in [2.75, 3.05) is 0 Å². The van der Waals surface area contributed by atoms with Gasteiger partial charge in [-0.3, -0.25) is 0 Å². The van der Waals surface area contributed by atoms with E-state index < -0.39 is 5.97 Å². The van der Waals surface area contributed by atoms with Crippen LogP contribution in [0.3, 0.4) is 0 Å². The minimum absolute atomic E-state index is 0. The molecule has 162 valence electrons. The molecule has 0 amide bonds. The number of aliphatic hydroxyl groups excluding tert-OH is 1. The number of fused-ring (bicyclic) bond motifs is 5. The smallest absolute Gasteiger partial charge is 0.0543 e. The zero-order chi connectivity index (χ0) is 19.4. The van der Waals surface area contributed by atoms with Gasteiger partial charge in [0.2, 0.25) is 0 Å². The van der Waals surface area contributed by atoms with Gasteiger partial charge in [-0.15, -0.1) is 0 Å². The molecule has 4 saturated carbocycles. The van der Waals surface area contributed by atoms with E-state index in [0.717, 1.165) is 42.9 Å². The van der Waals surface area contributed by atoms with Gasteiger partial charge in [0.25, 0.3) is 0 Å². The maximum Gasteiger partial charge on any atom is 0.0543 e. The highest BCUT2D eigenvalue weighted by Gasteiger charge is 2.60. The van der Waals surface area contributed by atoms with Crippen molar-refractivity contribution < 1.29 is 15.0 Å². The van der Waals surface area contributed by atoms with Gasteiger partial charge in [0, 0.05) is 5.97 Å². The normalized spacial score (nSPS) is 48.6. The quantitative estimate of drug-likeness (QED) is 0.733. The molecule has 9 atom stereocenters. The summed E-state index contributed by atoms with van der Waals surface area (Å²) in [5, 5.41) is 21.1. The van der Waals surface area contributed by atoms with E-state index in [0.29, 0.717) is 22.7 Å². The summed E-state index contributed by atoms with van der Waals surface area (Å²) in [7, 11) is 0. The lowest BCUT2D eigenvalue weighted by molar-refractivity contribution is -0.306. The molecule has 4 heteroatoms. The maximum absolute atomic E-state index is 10.9. The summed E-state index contributed by atoms with van der Waals surface area (Å²) in [5.41, 5.74) is 0.853. The molecule has 0 aromatic rings. The van der Waals surface area contributed by atoms with E-state index in [1.165, 1.54) is 44.9 Å². The molecule has 4 fully saturated rings. The molecule has 4 aliphatic carbocycles. The number of hydrogen-bond acceptors (Lipinski definition) is 3. The number of quaternary nitrogens is 1. The molecule has 4 nitrogen and oxygen atoms in total. The average molecular weight is 394 g/mol. The second-order valence-corrected chi connectivity index (χ2v) is 11.2. The molecule has 5 N–H and O–H groups in total. The van der Waals surface area contributed by atoms with Crippen molar-refractivity contribution in [3.05, 3.63) is 0 Å². The standard InChI is InChI=1S/C24H40O3.H3N/c1-15(4-9-22(26)27)19-7-8-20-18-6-5-16-14-17(25)10-12-23(16,2)21(18)11-13-24(19,20)3;/h15-21,25H,4-14H2,1-3H3,(H,26,27);1H3/t15?,16-,17-,18?,19?,20?,21?,23?,24-;/m1./s1. The van der Waals surface area contributed by atoms with E-state index in [-0.39, 0.29) is 18.7 Å². The predicted molar refractivity (Wildman–Crippen MR) is 111 cm³/mol. The Balaban J connectivity index is 0.00000225. The summed E-state index contributed by atoms with van der Waals surface area (Å²) < 4.78 is 0. The lowest BCUT2D eigenvalue weighted by Crippen LogP contribution is -2.54. The van der Waals surface area contributed by atoms with Crippen molar-refractivity contribution in [3.63, 3.8) is 0 Å². The molecular formula is C24H43NO3. The van der Waals surface area contributed by atoms with Gasteiger partial charge in [0.05, 0.1) is 6.10 Å². The predicted octanol–water partition coefficient (Wildman–Crippen LogP) is 4.55. The lowest BCUT2D eigenvalue weighted by Gasteiger charge is -2.61. The molecule has 0 saturated heterocycles. The van der Waals surface area contributed by atoms with E-state index >= 15 is 0 Å². The molecular weight excluding hydrogens is 350 g/mol. The highest BCUT2D eigenvalue weighted by atomic mass is 16.4. The number of hydrogen-bond donors (Lipinski definition) is 2. The van der Waals surface area contributed by atoms with Crippen LogP contribution in [0.25, 0.3) is 0 Å². The average Bonchev–Trinajstić information content (AvgIpc) is 2.97. The second-order valence-electron chi connectivity index (χ2n) is 11.2. The van der Waals surface area contributed by atoms with Crippen LogP contribution in [0.1, 0.15) is 91.4 Å². The monoisotopic (exact) mass is 393 g/mol. The van der Waals surface area contributed by atoms with E-state index in [4.69, 9.17) is 0 Å². The van der Waals surface area contributed by atoms with Crippen molar-refractivity contribution in [3.8, 4) is 0 Å². The Labute approximate surface area is 171 Å². The Morgan fingerprint density at radius 1 is 1.04 bits per heavy atom. The Morgan fingerprint density at radius 2 is 1.71 bits per heavy atom. The first kappa shape index (κ1) is 22.1. The number of carbonyl (C=O) groups is 1. The van der Waals surface area contributed by atoms with E-state index in [1.807, 2.05) is 0 Å². The fourth-order valence-electron chi connectivity index (χ4n) is 8.76. The molecule has 0 spiro atoms. The minimum Gasteiger partial charge on any atom is -0.550 e. The van der Waals surface area contributed by atoms with Crippen LogP contribution < -0.4 is 11.3 Å². The molecule has 4 aliphatic rings. The Hall–Kier alpha value is -0.610. The summed E-state index contributed by atoms with van der Waals surface area (Å²) in [6, 6.07) is 0. The summed E-state index contributed by atoms with van der Waals surface area (Å²) in [5.74, 6) is 3.55. The lowest BCUT2D eigenvalue weighted by atomic mass is 9.44. The molecule has 28 heavy (non-hydrogen) atoms. The van der Waals surface area contributed by atoms with Gasteiger partial charge < -0.3 is 21.2 Å². The Morgan fingerprint density at radius 3 is 2.43 bits per heavy atom. The molecule has 0 aromatic carbocycles. The van der Waals surface area contributed by atoms with Crippen molar-refractivity contribution >= 4 is 5.97 Å². The van der Waals surface area contributed by atoms with Crippen LogP contribution in [0.15, 0.2) is 0 Å². The van der Waals surface area contributed by atoms with Gasteiger partial charge in [0.15, 0.2) is 0 Å². The molecule has 0 aliphatic heterocycles. The molecule has 0 bridgehead atoms. The van der Waals surface area contributed by atoms with Crippen molar-refractivity contribution in [2.24, 2.45) is 46.3 Å². The zero-order valence-corrected chi connectivity index (χ0v) is 18.6.